The van der Waals surface area contributed by atoms with E-state index in [9.17, 15) is 0 Å². The first-order valence-electron chi connectivity index (χ1n) is 8.84. The molecule has 130 valence electrons. The van der Waals surface area contributed by atoms with Crippen LogP contribution in [0.5, 0.6) is 0 Å². The first-order valence-corrected chi connectivity index (χ1v) is 8.84. The number of rotatable bonds is 6. The van der Waals surface area contributed by atoms with Gasteiger partial charge in [-0.25, -0.2) is 0 Å². The molecular formula is C16H24N6O2. The second kappa shape index (κ2) is 6.60. The van der Waals surface area contributed by atoms with Crippen molar-refractivity contribution < 1.29 is 8.94 Å². The minimum atomic E-state index is 0.169. The van der Waals surface area contributed by atoms with E-state index in [0.29, 0.717) is 17.7 Å². The van der Waals surface area contributed by atoms with Gasteiger partial charge in [-0.3, -0.25) is 9.80 Å². The highest BCUT2D eigenvalue weighted by Gasteiger charge is 2.31. The van der Waals surface area contributed by atoms with Crippen molar-refractivity contribution >= 4 is 0 Å². The van der Waals surface area contributed by atoms with E-state index in [2.05, 4.69) is 37.1 Å². The molecule has 0 aromatic carbocycles. The van der Waals surface area contributed by atoms with Gasteiger partial charge in [0, 0.05) is 38.5 Å². The molecule has 0 radical (unpaired) electrons. The molecule has 1 saturated carbocycles. The second-order valence-electron chi connectivity index (χ2n) is 6.70. The van der Waals surface area contributed by atoms with Gasteiger partial charge in [0.25, 0.3) is 0 Å². The lowest BCUT2D eigenvalue weighted by Crippen LogP contribution is -2.46. The van der Waals surface area contributed by atoms with Crippen LogP contribution in [0, 0.1) is 0 Å². The summed E-state index contributed by atoms with van der Waals surface area (Å²) in [5.74, 6) is 3.59. The monoisotopic (exact) mass is 332 g/mol. The van der Waals surface area contributed by atoms with Crippen LogP contribution in [0.25, 0.3) is 0 Å². The summed E-state index contributed by atoms with van der Waals surface area (Å²) in [6, 6.07) is 0.169. The van der Waals surface area contributed by atoms with E-state index in [1.165, 1.54) is 12.8 Å². The van der Waals surface area contributed by atoms with Gasteiger partial charge in [-0.1, -0.05) is 12.1 Å². The summed E-state index contributed by atoms with van der Waals surface area (Å²) in [7, 11) is 0. The summed E-state index contributed by atoms with van der Waals surface area (Å²) >= 11 is 0. The lowest BCUT2D eigenvalue weighted by Gasteiger charge is -2.36. The minimum Gasteiger partial charge on any atom is -0.424 e. The maximum Gasteiger partial charge on any atom is 0.243 e. The van der Waals surface area contributed by atoms with Crippen LogP contribution in [0.2, 0.25) is 0 Å². The molecule has 0 unspecified atom stereocenters. The molecule has 2 aliphatic rings. The van der Waals surface area contributed by atoms with Crippen LogP contribution in [-0.4, -0.2) is 56.3 Å². The van der Waals surface area contributed by atoms with Crippen molar-refractivity contribution in [2.45, 2.75) is 51.6 Å². The fourth-order valence-electron chi connectivity index (χ4n) is 3.08. The van der Waals surface area contributed by atoms with Crippen LogP contribution in [0.4, 0.5) is 0 Å². The number of aryl methyl sites for hydroxylation is 1. The molecule has 1 aliphatic heterocycles. The van der Waals surface area contributed by atoms with Crippen molar-refractivity contribution in [2.24, 2.45) is 0 Å². The van der Waals surface area contributed by atoms with E-state index in [0.717, 1.165) is 50.9 Å². The van der Waals surface area contributed by atoms with E-state index in [4.69, 9.17) is 8.94 Å². The number of piperazine rings is 1. The van der Waals surface area contributed by atoms with Crippen molar-refractivity contribution in [1.82, 2.24) is 30.1 Å². The third kappa shape index (κ3) is 3.34. The Kier molecular flexibility index (Phi) is 4.32. The Hall–Kier alpha value is -1.80. The van der Waals surface area contributed by atoms with Crippen LogP contribution in [0.1, 0.15) is 62.1 Å². The third-order valence-corrected chi connectivity index (χ3v) is 4.88. The van der Waals surface area contributed by atoms with Gasteiger partial charge in [0.2, 0.25) is 17.7 Å². The third-order valence-electron chi connectivity index (χ3n) is 4.88. The quantitative estimate of drug-likeness (QED) is 0.791. The number of aromatic nitrogens is 4. The smallest absolute Gasteiger partial charge is 0.243 e. The molecule has 2 aromatic rings. The molecular weight excluding hydrogens is 308 g/mol. The van der Waals surface area contributed by atoms with Gasteiger partial charge in [-0.05, 0) is 19.8 Å². The van der Waals surface area contributed by atoms with Crippen molar-refractivity contribution in [3.63, 3.8) is 0 Å². The summed E-state index contributed by atoms with van der Waals surface area (Å²) in [6.07, 6.45) is 3.17. The zero-order valence-electron chi connectivity index (χ0n) is 14.3. The highest BCUT2D eigenvalue weighted by molar-refractivity contribution is 5.05. The van der Waals surface area contributed by atoms with Gasteiger partial charge < -0.3 is 8.94 Å². The van der Waals surface area contributed by atoms with E-state index in [-0.39, 0.29) is 6.04 Å². The van der Waals surface area contributed by atoms with E-state index < -0.39 is 0 Å². The van der Waals surface area contributed by atoms with E-state index >= 15 is 0 Å². The van der Waals surface area contributed by atoms with Gasteiger partial charge in [-0.15, -0.1) is 10.2 Å². The first-order chi connectivity index (χ1) is 11.7. The van der Waals surface area contributed by atoms with Gasteiger partial charge >= 0.3 is 0 Å². The minimum absolute atomic E-state index is 0.169. The molecule has 1 saturated heterocycles. The maximum atomic E-state index is 5.60. The molecule has 8 heteroatoms. The van der Waals surface area contributed by atoms with E-state index in [1.807, 2.05) is 6.92 Å². The fourth-order valence-corrected chi connectivity index (χ4v) is 3.08. The summed E-state index contributed by atoms with van der Waals surface area (Å²) in [5.41, 5.74) is 0. The number of hydrogen-bond acceptors (Lipinski definition) is 8. The van der Waals surface area contributed by atoms with E-state index in [1.54, 1.807) is 0 Å². The Morgan fingerprint density at radius 3 is 2.54 bits per heavy atom. The van der Waals surface area contributed by atoms with Crippen LogP contribution < -0.4 is 0 Å². The standard InChI is InChI=1S/C16H24N6O2/c1-3-13-18-19-14(23-13)10-21-6-8-22(9-7-21)11(2)16-17-15(20-24-16)12-4-5-12/h11-12H,3-10H2,1-2H3/t11-/m1/s1. The molecule has 24 heavy (non-hydrogen) atoms. The summed E-state index contributed by atoms with van der Waals surface area (Å²) in [5, 5.41) is 12.3. The second-order valence-corrected chi connectivity index (χ2v) is 6.70. The Balaban J connectivity index is 1.29. The average Bonchev–Trinajstić information content (AvgIpc) is 3.17. The van der Waals surface area contributed by atoms with Gasteiger partial charge in [-0.2, -0.15) is 4.98 Å². The Morgan fingerprint density at radius 1 is 1.12 bits per heavy atom. The number of nitrogens with zero attached hydrogens (tertiary/aromatic N) is 6. The van der Waals surface area contributed by atoms with Crippen molar-refractivity contribution in [1.29, 1.82) is 0 Å². The Morgan fingerprint density at radius 2 is 1.88 bits per heavy atom. The first kappa shape index (κ1) is 15.7. The zero-order chi connectivity index (χ0) is 16.5. The molecule has 8 nitrogen and oxygen atoms in total. The van der Waals surface area contributed by atoms with Gasteiger partial charge in [0.05, 0.1) is 12.6 Å². The Labute approximate surface area is 141 Å². The van der Waals surface area contributed by atoms with Crippen LogP contribution >= 0.6 is 0 Å². The fraction of sp³-hybridized carbons (Fsp3) is 0.750. The van der Waals surface area contributed by atoms with Crippen molar-refractivity contribution in [3.8, 4) is 0 Å². The van der Waals surface area contributed by atoms with Crippen molar-refractivity contribution in [2.75, 3.05) is 26.2 Å². The number of hydrogen-bond donors (Lipinski definition) is 0. The molecule has 0 amide bonds. The molecule has 2 aromatic heterocycles. The highest BCUT2D eigenvalue weighted by Crippen LogP contribution is 2.38. The normalized spacial score (nSPS) is 21.2. The predicted octanol–water partition coefficient (Wildman–Crippen LogP) is 1.77. The molecule has 0 spiro atoms. The topological polar surface area (TPSA) is 84.3 Å². The molecule has 1 atom stereocenters. The Bertz CT molecular complexity index is 672. The SMILES string of the molecule is CCc1nnc(CN2CCN([C@H](C)c3nc(C4CC4)no3)CC2)o1. The molecule has 3 heterocycles. The summed E-state index contributed by atoms with van der Waals surface area (Å²) < 4.78 is 11.1. The highest BCUT2D eigenvalue weighted by atomic mass is 16.5. The summed E-state index contributed by atoms with van der Waals surface area (Å²) in [6.45, 7) is 8.76. The lowest BCUT2D eigenvalue weighted by molar-refractivity contribution is 0.0796. The predicted molar refractivity (Wildman–Crippen MR) is 85.2 cm³/mol. The van der Waals surface area contributed by atoms with Crippen LogP contribution in [0.15, 0.2) is 8.94 Å². The molecule has 0 bridgehead atoms. The van der Waals surface area contributed by atoms with Crippen molar-refractivity contribution in [3.05, 3.63) is 23.5 Å². The van der Waals surface area contributed by atoms with Gasteiger partial charge in [0.1, 0.15) is 0 Å². The van der Waals surface area contributed by atoms with Crippen LogP contribution in [0.3, 0.4) is 0 Å². The summed E-state index contributed by atoms with van der Waals surface area (Å²) in [4.78, 5) is 9.32. The molecule has 1 aliphatic carbocycles. The van der Waals surface area contributed by atoms with Gasteiger partial charge in [0.15, 0.2) is 5.82 Å². The van der Waals surface area contributed by atoms with Crippen LogP contribution in [-0.2, 0) is 13.0 Å². The zero-order valence-corrected chi connectivity index (χ0v) is 14.3. The lowest BCUT2D eigenvalue weighted by atomic mass is 10.2. The molecule has 2 fully saturated rings. The maximum absolute atomic E-state index is 5.60. The molecule has 4 rings (SSSR count). The average molecular weight is 332 g/mol. The molecule has 0 N–H and O–H groups in total. The largest absolute Gasteiger partial charge is 0.424 e.